The van der Waals surface area contributed by atoms with Crippen molar-refractivity contribution in [2.75, 3.05) is 18.0 Å². The third-order valence-corrected chi connectivity index (χ3v) is 3.57. The molecule has 114 valence electrons. The second-order valence-electron chi connectivity index (χ2n) is 5.07. The van der Waals surface area contributed by atoms with Crippen molar-refractivity contribution in [1.82, 2.24) is 9.97 Å². The molecule has 0 unspecified atom stereocenters. The van der Waals surface area contributed by atoms with E-state index in [2.05, 4.69) is 9.97 Å². The number of anilines is 1. The first-order valence-electron chi connectivity index (χ1n) is 7.23. The zero-order valence-electron chi connectivity index (χ0n) is 12.0. The van der Waals surface area contributed by atoms with Gasteiger partial charge in [0.15, 0.2) is 0 Å². The number of nitrogens with zero attached hydrogens (tertiary/aromatic N) is 4. The predicted molar refractivity (Wildman–Crippen MR) is 81.3 cm³/mol. The molecule has 1 aromatic heterocycles. The molecule has 0 spiro atoms. The van der Waals surface area contributed by atoms with E-state index in [0.29, 0.717) is 11.6 Å². The maximum Gasteiger partial charge on any atom is 0.373 e. The van der Waals surface area contributed by atoms with Crippen LogP contribution in [0.15, 0.2) is 36.7 Å². The Labute approximate surface area is 127 Å². The highest BCUT2D eigenvalue weighted by molar-refractivity contribution is 5.63. The molecule has 22 heavy (non-hydrogen) atoms. The molecule has 1 aromatic carbocycles. The van der Waals surface area contributed by atoms with E-state index >= 15 is 0 Å². The molecule has 1 fully saturated rings. The average molecular weight is 300 g/mol. The van der Waals surface area contributed by atoms with E-state index < -0.39 is 4.92 Å². The van der Waals surface area contributed by atoms with Gasteiger partial charge in [-0.3, -0.25) is 10.1 Å². The summed E-state index contributed by atoms with van der Waals surface area (Å²) in [7, 11) is 0. The van der Waals surface area contributed by atoms with Gasteiger partial charge in [-0.2, -0.15) is 4.98 Å². The van der Waals surface area contributed by atoms with Gasteiger partial charge in [0.25, 0.3) is 0 Å². The molecule has 1 aliphatic rings. The van der Waals surface area contributed by atoms with E-state index in [0.717, 1.165) is 32.4 Å². The molecule has 0 saturated carbocycles. The van der Waals surface area contributed by atoms with Crippen molar-refractivity contribution in [3.05, 3.63) is 46.8 Å². The fourth-order valence-corrected chi connectivity index (χ4v) is 2.53. The Morgan fingerprint density at radius 3 is 2.50 bits per heavy atom. The van der Waals surface area contributed by atoms with Crippen LogP contribution in [-0.2, 0) is 0 Å². The summed E-state index contributed by atoms with van der Waals surface area (Å²) in [6.45, 7) is 1.53. The molecule has 1 saturated heterocycles. The lowest BCUT2D eigenvalue weighted by molar-refractivity contribution is -0.385. The lowest BCUT2D eigenvalue weighted by Gasteiger charge is -2.27. The number of para-hydroxylation sites is 1. The molecule has 0 bridgehead atoms. The lowest BCUT2D eigenvalue weighted by atomic mass is 10.1. The van der Waals surface area contributed by atoms with Crippen molar-refractivity contribution in [3.63, 3.8) is 0 Å². The predicted octanol–water partition coefficient (Wildman–Crippen LogP) is 3.17. The highest BCUT2D eigenvalue weighted by Gasteiger charge is 2.29. The number of piperidine rings is 1. The van der Waals surface area contributed by atoms with Crippen molar-refractivity contribution in [1.29, 1.82) is 0 Å². The van der Waals surface area contributed by atoms with Crippen LogP contribution in [0.1, 0.15) is 19.3 Å². The summed E-state index contributed by atoms with van der Waals surface area (Å²) < 4.78 is 5.58. The summed E-state index contributed by atoms with van der Waals surface area (Å²) in [5, 5.41) is 11.5. The van der Waals surface area contributed by atoms with Gasteiger partial charge in [0.2, 0.25) is 5.82 Å². The Morgan fingerprint density at radius 2 is 1.82 bits per heavy atom. The smallest absolute Gasteiger partial charge is 0.373 e. The van der Waals surface area contributed by atoms with Crippen LogP contribution in [0, 0.1) is 10.1 Å². The van der Waals surface area contributed by atoms with Gasteiger partial charge in [-0.1, -0.05) is 18.2 Å². The summed E-state index contributed by atoms with van der Waals surface area (Å²) in [5.41, 5.74) is -0.173. The first-order valence-corrected chi connectivity index (χ1v) is 7.23. The standard InChI is InChI=1S/C15H16N4O3/c20-19(21)13-14(18-9-5-2-6-10-18)16-11-17-15(13)22-12-7-3-1-4-8-12/h1,3-4,7-8,11H,2,5-6,9-10H2. The van der Waals surface area contributed by atoms with Crippen LogP contribution in [0.3, 0.4) is 0 Å². The Kier molecular flexibility index (Phi) is 4.13. The normalized spacial score (nSPS) is 14.6. The molecule has 2 heterocycles. The van der Waals surface area contributed by atoms with Gasteiger partial charge >= 0.3 is 11.6 Å². The van der Waals surface area contributed by atoms with Crippen LogP contribution in [0.4, 0.5) is 11.5 Å². The third kappa shape index (κ3) is 2.98. The van der Waals surface area contributed by atoms with E-state index in [4.69, 9.17) is 4.74 Å². The molecule has 1 aliphatic heterocycles. The summed E-state index contributed by atoms with van der Waals surface area (Å²) in [6, 6.07) is 8.90. The number of benzene rings is 1. The first kappa shape index (κ1) is 14.2. The van der Waals surface area contributed by atoms with Gasteiger partial charge in [0.1, 0.15) is 12.1 Å². The van der Waals surface area contributed by atoms with Gasteiger partial charge in [0, 0.05) is 13.1 Å². The summed E-state index contributed by atoms with van der Waals surface area (Å²) >= 11 is 0. The minimum Gasteiger partial charge on any atom is -0.434 e. The highest BCUT2D eigenvalue weighted by atomic mass is 16.6. The van der Waals surface area contributed by atoms with Gasteiger partial charge in [-0.15, -0.1) is 0 Å². The fraction of sp³-hybridized carbons (Fsp3) is 0.333. The monoisotopic (exact) mass is 300 g/mol. The number of ether oxygens (including phenoxy) is 1. The molecular formula is C15H16N4O3. The number of hydrogen-bond acceptors (Lipinski definition) is 6. The largest absolute Gasteiger partial charge is 0.434 e. The van der Waals surface area contributed by atoms with Crippen molar-refractivity contribution >= 4 is 11.5 Å². The van der Waals surface area contributed by atoms with Crippen molar-refractivity contribution < 1.29 is 9.66 Å². The second-order valence-corrected chi connectivity index (χ2v) is 5.07. The van der Waals surface area contributed by atoms with Gasteiger partial charge in [-0.05, 0) is 31.4 Å². The fourth-order valence-electron chi connectivity index (χ4n) is 2.53. The van der Waals surface area contributed by atoms with E-state index in [1.165, 1.54) is 6.33 Å². The van der Waals surface area contributed by atoms with Crippen LogP contribution in [0.5, 0.6) is 11.6 Å². The molecule has 0 N–H and O–H groups in total. The first-order chi connectivity index (χ1) is 10.8. The maximum atomic E-state index is 11.5. The Hall–Kier alpha value is -2.70. The maximum absolute atomic E-state index is 11.5. The van der Waals surface area contributed by atoms with Crippen LogP contribution in [-0.4, -0.2) is 28.0 Å². The Balaban J connectivity index is 1.97. The summed E-state index contributed by atoms with van der Waals surface area (Å²) in [6.07, 6.45) is 4.48. The number of aromatic nitrogens is 2. The molecule has 0 aliphatic carbocycles. The van der Waals surface area contributed by atoms with Gasteiger partial charge in [0.05, 0.1) is 4.92 Å². The minimum atomic E-state index is -0.470. The molecule has 3 rings (SSSR count). The van der Waals surface area contributed by atoms with E-state index in [9.17, 15) is 10.1 Å². The second kappa shape index (κ2) is 6.38. The topological polar surface area (TPSA) is 81.4 Å². The van der Waals surface area contributed by atoms with Gasteiger partial charge < -0.3 is 9.64 Å². The van der Waals surface area contributed by atoms with Crippen molar-refractivity contribution in [3.8, 4) is 11.6 Å². The van der Waals surface area contributed by atoms with Crippen molar-refractivity contribution in [2.24, 2.45) is 0 Å². The van der Waals surface area contributed by atoms with E-state index in [1.807, 2.05) is 11.0 Å². The Morgan fingerprint density at radius 1 is 1.09 bits per heavy atom. The average Bonchev–Trinajstić information content (AvgIpc) is 2.56. The van der Waals surface area contributed by atoms with Crippen LogP contribution >= 0.6 is 0 Å². The van der Waals surface area contributed by atoms with Crippen molar-refractivity contribution in [2.45, 2.75) is 19.3 Å². The molecule has 0 radical (unpaired) electrons. The molecule has 7 nitrogen and oxygen atoms in total. The number of nitro groups is 1. The number of rotatable bonds is 4. The lowest BCUT2D eigenvalue weighted by Crippen LogP contribution is -2.30. The van der Waals surface area contributed by atoms with Gasteiger partial charge in [-0.25, -0.2) is 4.98 Å². The SMILES string of the molecule is O=[N+]([O-])c1c(Oc2ccccc2)ncnc1N1CCCCC1. The number of hydrogen-bond donors (Lipinski definition) is 0. The molecule has 0 amide bonds. The summed E-state index contributed by atoms with van der Waals surface area (Å²) in [5.74, 6) is 0.825. The van der Waals surface area contributed by atoms with E-state index in [1.54, 1.807) is 24.3 Å². The molecule has 2 aromatic rings. The van der Waals surface area contributed by atoms with Crippen LogP contribution < -0.4 is 9.64 Å². The molecule has 7 heteroatoms. The third-order valence-electron chi connectivity index (χ3n) is 3.57. The van der Waals surface area contributed by atoms with E-state index in [-0.39, 0.29) is 11.6 Å². The quantitative estimate of drug-likeness (QED) is 0.637. The minimum absolute atomic E-state index is 0.0215. The zero-order chi connectivity index (χ0) is 15.4. The zero-order valence-corrected chi connectivity index (χ0v) is 12.0. The highest BCUT2D eigenvalue weighted by Crippen LogP contribution is 2.36. The van der Waals surface area contributed by atoms with Crippen LogP contribution in [0.25, 0.3) is 0 Å². The molecular weight excluding hydrogens is 284 g/mol. The van der Waals surface area contributed by atoms with Crippen LogP contribution in [0.2, 0.25) is 0 Å². The summed E-state index contributed by atoms with van der Waals surface area (Å²) in [4.78, 5) is 21.0. The Bertz CT molecular complexity index is 657. The molecule has 0 atom stereocenters.